The lowest BCUT2D eigenvalue weighted by Crippen LogP contribution is -2.31. The molecule has 0 saturated carbocycles. The molecule has 0 fully saturated rings. The number of esters is 1. The van der Waals surface area contributed by atoms with E-state index in [1.807, 2.05) is 0 Å². The van der Waals surface area contributed by atoms with Crippen LogP contribution >= 0.6 is 0 Å². The van der Waals surface area contributed by atoms with Crippen LogP contribution in [0.15, 0.2) is 4.90 Å². The molecule has 0 bridgehead atoms. The number of H-pyrrole nitrogens is 1. The minimum Gasteiger partial charge on any atom is -0.461 e. The van der Waals surface area contributed by atoms with Crippen molar-refractivity contribution >= 4 is 16.0 Å². The van der Waals surface area contributed by atoms with Gasteiger partial charge in [-0.3, -0.25) is 0 Å². The monoisotopic (exact) mass is 304 g/mol. The van der Waals surface area contributed by atoms with E-state index in [0.717, 1.165) is 0 Å². The number of aromatic nitrogens is 1. The number of hydrogen-bond acceptors (Lipinski definition) is 5. The van der Waals surface area contributed by atoms with E-state index in [-0.39, 0.29) is 23.7 Å². The number of nitrogens with one attached hydrogen (secondary N) is 2. The maximum absolute atomic E-state index is 12.2. The number of aryl methyl sites for hydroxylation is 1. The molecule has 0 radical (unpaired) electrons. The van der Waals surface area contributed by atoms with Gasteiger partial charge in [-0.25, -0.2) is 17.9 Å². The Hall–Kier alpha value is -1.38. The van der Waals surface area contributed by atoms with Crippen molar-refractivity contribution in [3.8, 4) is 0 Å². The molecule has 0 aromatic carbocycles. The highest BCUT2D eigenvalue weighted by atomic mass is 32.2. The molecule has 7 nitrogen and oxygen atoms in total. The highest BCUT2D eigenvalue weighted by molar-refractivity contribution is 7.89. The summed E-state index contributed by atoms with van der Waals surface area (Å²) in [5.41, 5.74) is 0.782. The van der Waals surface area contributed by atoms with Gasteiger partial charge in [-0.1, -0.05) is 0 Å². The van der Waals surface area contributed by atoms with Crippen LogP contribution in [0.4, 0.5) is 0 Å². The summed E-state index contributed by atoms with van der Waals surface area (Å²) in [6.45, 7) is 6.35. The molecule has 114 valence electrons. The summed E-state index contributed by atoms with van der Waals surface area (Å²) >= 11 is 0. The maximum Gasteiger partial charge on any atom is 0.355 e. The third-order valence-corrected chi connectivity index (χ3v) is 4.38. The SMILES string of the molecule is CCOC(=O)c1[nH]c(C)c(S(=O)(=O)NCC(C)O)c1C. The van der Waals surface area contributed by atoms with Gasteiger partial charge < -0.3 is 14.8 Å². The van der Waals surface area contributed by atoms with Crippen LogP contribution < -0.4 is 4.72 Å². The molecule has 1 heterocycles. The quantitative estimate of drug-likeness (QED) is 0.662. The predicted octanol–water partition coefficient (Wildman–Crippen LogP) is 0.467. The predicted molar refractivity (Wildman–Crippen MR) is 73.1 cm³/mol. The van der Waals surface area contributed by atoms with Crippen LogP contribution in [-0.2, 0) is 14.8 Å². The summed E-state index contributed by atoms with van der Waals surface area (Å²) in [6, 6.07) is 0. The number of carbonyl (C=O) groups is 1. The molecule has 0 aliphatic heterocycles. The number of sulfonamides is 1. The Labute approximate surface area is 118 Å². The second-order valence-electron chi connectivity index (χ2n) is 4.50. The van der Waals surface area contributed by atoms with Gasteiger partial charge in [0.15, 0.2) is 0 Å². The van der Waals surface area contributed by atoms with Crippen molar-refractivity contribution < 1.29 is 23.1 Å². The number of hydrogen-bond donors (Lipinski definition) is 3. The van der Waals surface area contributed by atoms with E-state index in [9.17, 15) is 13.2 Å². The second-order valence-corrected chi connectivity index (χ2v) is 6.20. The van der Waals surface area contributed by atoms with Crippen LogP contribution in [0.2, 0.25) is 0 Å². The van der Waals surface area contributed by atoms with Gasteiger partial charge in [-0.05, 0) is 27.7 Å². The third kappa shape index (κ3) is 3.59. The number of rotatable bonds is 6. The summed E-state index contributed by atoms with van der Waals surface area (Å²) in [6.07, 6.45) is -0.797. The molecular weight excluding hydrogens is 284 g/mol. The summed E-state index contributed by atoms with van der Waals surface area (Å²) in [5.74, 6) is -0.593. The zero-order chi connectivity index (χ0) is 15.5. The van der Waals surface area contributed by atoms with Gasteiger partial charge in [0.2, 0.25) is 10.0 Å². The van der Waals surface area contributed by atoms with Crippen LogP contribution in [0.1, 0.15) is 35.6 Å². The van der Waals surface area contributed by atoms with E-state index in [1.54, 1.807) is 13.8 Å². The number of aliphatic hydroxyl groups is 1. The summed E-state index contributed by atoms with van der Waals surface area (Å²) < 4.78 is 31.5. The molecule has 0 amide bonds. The van der Waals surface area contributed by atoms with Crippen molar-refractivity contribution in [3.63, 3.8) is 0 Å². The average Bonchev–Trinajstić information content (AvgIpc) is 2.63. The largest absolute Gasteiger partial charge is 0.461 e. The van der Waals surface area contributed by atoms with Gasteiger partial charge in [0.05, 0.1) is 12.7 Å². The van der Waals surface area contributed by atoms with E-state index < -0.39 is 22.1 Å². The first kappa shape index (κ1) is 16.7. The van der Waals surface area contributed by atoms with Gasteiger partial charge in [0.25, 0.3) is 0 Å². The van der Waals surface area contributed by atoms with E-state index in [2.05, 4.69) is 9.71 Å². The molecule has 0 saturated heterocycles. The molecule has 1 rings (SSSR count). The Bertz CT molecular complexity index is 589. The van der Waals surface area contributed by atoms with Crippen LogP contribution in [0.25, 0.3) is 0 Å². The van der Waals surface area contributed by atoms with Crippen LogP contribution in [0.5, 0.6) is 0 Å². The average molecular weight is 304 g/mol. The molecule has 1 atom stereocenters. The zero-order valence-corrected chi connectivity index (χ0v) is 12.8. The molecule has 20 heavy (non-hydrogen) atoms. The van der Waals surface area contributed by atoms with Gasteiger partial charge in [0.1, 0.15) is 10.6 Å². The van der Waals surface area contributed by atoms with Crippen molar-refractivity contribution in [2.24, 2.45) is 0 Å². The van der Waals surface area contributed by atoms with Crippen LogP contribution in [0.3, 0.4) is 0 Å². The van der Waals surface area contributed by atoms with Crippen molar-refractivity contribution in [3.05, 3.63) is 17.0 Å². The second kappa shape index (κ2) is 6.38. The Kier molecular flexibility index (Phi) is 5.32. The third-order valence-electron chi connectivity index (χ3n) is 2.69. The van der Waals surface area contributed by atoms with E-state index >= 15 is 0 Å². The highest BCUT2D eigenvalue weighted by Gasteiger charge is 2.27. The first-order chi connectivity index (χ1) is 9.20. The first-order valence-corrected chi connectivity index (χ1v) is 7.73. The molecule has 0 spiro atoms. The van der Waals surface area contributed by atoms with Crippen LogP contribution in [-0.4, -0.2) is 43.7 Å². The van der Waals surface area contributed by atoms with Gasteiger partial charge in [-0.2, -0.15) is 0 Å². The lowest BCUT2D eigenvalue weighted by molar-refractivity contribution is 0.0519. The molecule has 8 heteroatoms. The van der Waals surface area contributed by atoms with Crippen LogP contribution in [0, 0.1) is 13.8 Å². The fourth-order valence-corrected chi connectivity index (χ4v) is 3.41. The maximum atomic E-state index is 12.2. The van der Waals surface area contributed by atoms with E-state index in [4.69, 9.17) is 9.84 Å². The topological polar surface area (TPSA) is 108 Å². The van der Waals surface area contributed by atoms with Gasteiger partial charge in [-0.15, -0.1) is 0 Å². The summed E-state index contributed by atoms with van der Waals surface area (Å²) in [4.78, 5) is 14.5. The molecular formula is C12H20N2O5S. The van der Waals surface area contributed by atoms with Crippen molar-refractivity contribution in [1.82, 2.24) is 9.71 Å². The van der Waals surface area contributed by atoms with E-state index in [1.165, 1.54) is 13.8 Å². The Morgan fingerprint density at radius 3 is 2.55 bits per heavy atom. The number of carbonyl (C=O) groups excluding carboxylic acids is 1. The number of ether oxygens (including phenoxy) is 1. The van der Waals surface area contributed by atoms with E-state index in [0.29, 0.717) is 11.3 Å². The smallest absolute Gasteiger partial charge is 0.355 e. The lowest BCUT2D eigenvalue weighted by atomic mass is 10.2. The summed E-state index contributed by atoms with van der Waals surface area (Å²) in [7, 11) is -3.79. The first-order valence-electron chi connectivity index (χ1n) is 6.24. The molecule has 1 aromatic rings. The molecule has 1 aromatic heterocycles. The Morgan fingerprint density at radius 2 is 2.05 bits per heavy atom. The Balaban J connectivity index is 3.17. The van der Waals surface area contributed by atoms with Crippen molar-refractivity contribution in [1.29, 1.82) is 0 Å². The minimum absolute atomic E-state index is 0.0150. The fourth-order valence-electron chi connectivity index (χ4n) is 1.85. The Morgan fingerprint density at radius 1 is 1.45 bits per heavy atom. The van der Waals surface area contributed by atoms with Gasteiger partial charge in [0, 0.05) is 17.8 Å². The standard InChI is InChI=1S/C12H20N2O5S/c1-5-19-12(16)10-8(3)11(9(4)14-10)20(17,18)13-6-7(2)15/h7,13-15H,5-6H2,1-4H3. The molecule has 1 unspecified atom stereocenters. The van der Waals surface area contributed by atoms with Crippen molar-refractivity contribution in [2.45, 2.75) is 38.7 Å². The fraction of sp³-hybridized carbons (Fsp3) is 0.583. The van der Waals surface area contributed by atoms with Crippen molar-refractivity contribution in [2.75, 3.05) is 13.2 Å². The van der Waals surface area contributed by atoms with Gasteiger partial charge >= 0.3 is 5.97 Å². The molecule has 3 N–H and O–H groups in total. The minimum atomic E-state index is -3.79. The normalized spacial score (nSPS) is 13.2. The molecule has 0 aliphatic carbocycles. The lowest BCUT2D eigenvalue weighted by Gasteiger charge is -2.09. The summed E-state index contributed by atoms with van der Waals surface area (Å²) in [5, 5.41) is 9.16. The zero-order valence-electron chi connectivity index (χ0n) is 12.0. The molecule has 0 aliphatic rings. The number of aliphatic hydroxyl groups excluding tert-OH is 1. The number of aromatic amines is 1. The highest BCUT2D eigenvalue weighted by Crippen LogP contribution is 2.23.